The van der Waals surface area contributed by atoms with E-state index in [1.54, 1.807) is 14.0 Å². The summed E-state index contributed by atoms with van der Waals surface area (Å²) in [6.45, 7) is 2.33. The topological polar surface area (TPSA) is 20.3 Å². The van der Waals surface area contributed by atoms with Crippen LogP contribution in [0.15, 0.2) is 0 Å². The maximum Gasteiger partial charge on any atom is 0.274 e. The zero-order valence-electron chi connectivity index (χ0n) is 5.70. The van der Waals surface area contributed by atoms with E-state index in [1.165, 1.54) is 4.90 Å². The first kappa shape index (κ1) is 10.3. The molecule has 0 aromatic rings. The summed E-state index contributed by atoms with van der Waals surface area (Å²) in [6, 6.07) is 0. The molecule has 0 bridgehead atoms. The van der Waals surface area contributed by atoms with Crippen LogP contribution in [-0.4, -0.2) is 28.2 Å². The standard InChI is InChI=1S/C5H8Cl3NO/c1-3-9(2)4(10)5(6,7)8/h3H2,1-2H3. The smallest absolute Gasteiger partial charge is 0.274 e. The molecule has 2 nitrogen and oxygen atoms in total. The van der Waals surface area contributed by atoms with Crippen LogP contribution < -0.4 is 0 Å². The van der Waals surface area contributed by atoms with Crippen molar-refractivity contribution in [2.24, 2.45) is 0 Å². The molecule has 0 rings (SSSR count). The lowest BCUT2D eigenvalue weighted by molar-refractivity contribution is -0.128. The normalized spacial score (nSPS) is 11.3. The molecule has 0 aliphatic heterocycles. The number of carbonyl (C=O) groups excluding carboxylic acids is 1. The van der Waals surface area contributed by atoms with Crippen LogP contribution in [-0.2, 0) is 4.79 Å². The largest absolute Gasteiger partial charge is 0.342 e. The Kier molecular flexibility index (Phi) is 3.77. The zero-order chi connectivity index (χ0) is 8.36. The second-order valence-corrected chi connectivity index (χ2v) is 4.10. The predicted octanol–water partition coefficient (Wildman–Crippen LogP) is 1.83. The average molecular weight is 204 g/mol. The highest BCUT2D eigenvalue weighted by Gasteiger charge is 2.32. The van der Waals surface area contributed by atoms with Gasteiger partial charge in [0.1, 0.15) is 0 Å². The highest BCUT2D eigenvalue weighted by molar-refractivity contribution is 6.76. The molecule has 0 aliphatic carbocycles. The fourth-order valence-corrected chi connectivity index (χ4v) is 0.793. The van der Waals surface area contributed by atoms with E-state index in [-0.39, 0.29) is 0 Å². The fourth-order valence-electron chi connectivity index (χ4n) is 0.360. The molecule has 0 aromatic carbocycles. The van der Waals surface area contributed by atoms with Crippen molar-refractivity contribution in [3.8, 4) is 0 Å². The first-order valence-corrected chi connectivity index (χ1v) is 3.85. The van der Waals surface area contributed by atoms with Gasteiger partial charge in [-0.15, -0.1) is 0 Å². The molecule has 0 unspecified atom stereocenters. The number of alkyl halides is 3. The van der Waals surface area contributed by atoms with Gasteiger partial charge in [-0.2, -0.15) is 0 Å². The molecule has 0 radical (unpaired) electrons. The van der Waals surface area contributed by atoms with E-state index in [4.69, 9.17) is 34.8 Å². The van der Waals surface area contributed by atoms with Gasteiger partial charge in [-0.1, -0.05) is 34.8 Å². The number of amides is 1. The van der Waals surface area contributed by atoms with Crippen molar-refractivity contribution in [1.29, 1.82) is 0 Å². The molecule has 5 heteroatoms. The van der Waals surface area contributed by atoms with E-state index in [1.807, 2.05) is 0 Å². The van der Waals surface area contributed by atoms with Crippen LogP contribution in [0, 0.1) is 0 Å². The van der Waals surface area contributed by atoms with Gasteiger partial charge in [0, 0.05) is 13.6 Å². The molecular weight excluding hydrogens is 196 g/mol. The van der Waals surface area contributed by atoms with Crippen molar-refractivity contribution in [3.63, 3.8) is 0 Å². The third-order valence-electron chi connectivity index (χ3n) is 1.06. The van der Waals surface area contributed by atoms with Crippen LogP contribution in [0.2, 0.25) is 0 Å². The predicted molar refractivity (Wildman–Crippen MR) is 43.6 cm³/mol. The molecule has 0 heterocycles. The maximum absolute atomic E-state index is 10.9. The molecule has 0 fully saturated rings. The molecule has 0 saturated carbocycles. The summed E-state index contributed by atoms with van der Waals surface area (Å²) in [4.78, 5) is 12.3. The van der Waals surface area contributed by atoms with Crippen LogP contribution in [0.25, 0.3) is 0 Å². The van der Waals surface area contributed by atoms with Gasteiger partial charge in [0.05, 0.1) is 0 Å². The lowest BCUT2D eigenvalue weighted by atomic mass is 10.5. The Bertz CT molecular complexity index is 131. The van der Waals surface area contributed by atoms with Gasteiger partial charge in [0.25, 0.3) is 9.70 Å². The first-order chi connectivity index (χ1) is 4.39. The van der Waals surface area contributed by atoms with Crippen molar-refractivity contribution in [3.05, 3.63) is 0 Å². The second kappa shape index (κ2) is 3.65. The van der Waals surface area contributed by atoms with Crippen LogP contribution in [0.5, 0.6) is 0 Å². The van der Waals surface area contributed by atoms with Crippen LogP contribution >= 0.6 is 34.8 Å². The third kappa shape index (κ3) is 2.95. The molecule has 0 atom stereocenters. The molecular formula is C5H8Cl3NO. The highest BCUT2D eigenvalue weighted by atomic mass is 35.6. The summed E-state index contributed by atoms with van der Waals surface area (Å²) < 4.78 is -1.81. The van der Waals surface area contributed by atoms with Gasteiger partial charge in [-0.05, 0) is 6.92 Å². The molecule has 0 spiro atoms. The Morgan fingerprint density at radius 2 is 1.90 bits per heavy atom. The minimum Gasteiger partial charge on any atom is -0.342 e. The van der Waals surface area contributed by atoms with E-state index in [0.717, 1.165) is 0 Å². The summed E-state index contributed by atoms with van der Waals surface area (Å²) in [6.07, 6.45) is 0. The number of nitrogens with zero attached hydrogens (tertiary/aromatic N) is 1. The summed E-state index contributed by atoms with van der Waals surface area (Å²) in [5, 5.41) is 0. The Morgan fingerprint density at radius 3 is 2.00 bits per heavy atom. The number of halogens is 3. The van der Waals surface area contributed by atoms with Crippen LogP contribution in [0.1, 0.15) is 6.92 Å². The van der Waals surface area contributed by atoms with Crippen LogP contribution in [0.3, 0.4) is 0 Å². The van der Waals surface area contributed by atoms with Gasteiger partial charge >= 0.3 is 0 Å². The van der Waals surface area contributed by atoms with E-state index >= 15 is 0 Å². The Morgan fingerprint density at radius 1 is 1.50 bits per heavy atom. The SMILES string of the molecule is CCN(C)C(=O)C(Cl)(Cl)Cl. The van der Waals surface area contributed by atoms with Crippen molar-refractivity contribution in [2.45, 2.75) is 10.7 Å². The van der Waals surface area contributed by atoms with Gasteiger partial charge in [0.2, 0.25) is 0 Å². The molecule has 0 aliphatic rings. The fraction of sp³-hybridized carbons (Fsp3) is 0.800. The van der Waals surface area contributed by atoms with Crippen LogP contribution in [0.4, 0.5) is 0 Å². The van der Waals surface area contributed by atoms with Crippen molar-refractivity contribution in [1.82, 2.24) is 4.90 Å². The number of carbonyl (C=O) groups is 1. The van der Waals surface area contributed by atoms with E-state index < -0.39 is 9.70 Å². The molecule has 0 aromatic heterocycles. The number of rotatable bonds is 1. The lowest BCUT2D eigenvalue weighted by Gasteiger charge is -2.18. The molecule has 1 amide bonds. The Hall–Kier alpha value is 0.340. The number of hydrogen-bond donors (Lipinski definition) is 0. The van der Waals surface area contributed by atoms with Crippen molar-refractivity contribution < 1.29 is 4.79 Å². The third-order valence-corrected chi connectivity index (χ3v) is 1.55. The molecule has 0 N–H and O–H groups in total. The second-order valence-electron chi connectivity index (χ2n) is 1.82. The van der Waals surface area contributed by atoms with E-state index in [9.17, 15) is 4.79 Å². The Labute approximate surface area is 75.0 Å². The quantitative estimate of drug-likeness (QED) is 0.597. The number of hydrogen-bond acceptors (Lipinski definition) is 1. The molecule has 10 heavy (non-hydrogen) atoms. The minimum absolute atomic E-state index is 0.500. The highest BCUT2D eigenvalue weighted by Crippen LogP contribution is 2.27. The van der Waals surface area contributed by atoms with Gasteiger partial charge in [0.15, 0.2) is 0 Å². The van der Waals surface area contributed by atoms with Gasteiger partial charge < -0.3 is 4.90 Å². The summed E-state index contributed by atoms with van der Waals surface area (Å²) in [5.41, 5.74) is 0. The zero-order valence-corrected chi connectivity index (χ0v) is 7.96. The maximum atomic E-state index is 10.9. The minimum atomic E-state index is -1.81. The van der Waals surface area contributed by atoms with Crippen molar-refractivity contribution in [2.75, 3.05) is 13.6 Å². The first-order valence-electron chi connectivity index (χ1n) is 2.72. The summed E-state index contributed by atoms with van der Waals surface area (Å²) >= 11 is 15.9. The van der Waals surface area contributed by atoms with Gasteiger partial charge in [-0.3, -0.25) is 4.79 Å². The monoisotopic (exact) mass is 203 g/mol. The van der Waals surface area contributed by atoms with E-state index in [0.29, 0.717) is 6.54 Å². The lowest BCUT2D eigenvalue weighted by Crippen LogP contribution is -2.36. The molecule has 60 valence electrons. The summed E-state index contributed by atoms with van der Waals surface area (Å²) in [5.74, 6) is -0.500. The van der Waals surface area contributed by atoms with Gasteiger partial charge in [-0.25, -0.2) is 0 Å². The summed E-state index contributed by atoms with van der Waals surface area (Å²) in [7, 11) is 1.57. The Balaban J connectivity index is 4.09. The average Bonchev–Trinajstić information content (AvgIpc) is 1.83. The molecule has 0 saturated heterocycles. The van der Waals surface area contributed by atoms with E-state index in [2.05, 4.69) is 0 Å². The van der Waals surface area contributed by atoms with Crippen molar-refractivity contribution >= 4 is 40.7 Å².